The van der Waals surface area contributed by atoms with E-state index in [0.29, 0.717) is 6.61 Å². The molecule has 0 fully saturated rings. The fraction of sp³-hybridized carbons (Fsp3) is 0.930. The molecule has 6 heteroatoms. The van der Waals surface area contributed by atoms with E-state index in [1.165, 1.54) is 141 Å². The standard InChI is InChI=1S/C31H64O3.C10H19NO2.C2H6.H2/c1-3-5-7-9-11-13-15-17-19-21-23-25-27-33-30-31(29-32)34-28-26-24-22-20-18-16-14-12-10-8-6-4-2;1-6-9(11-7(2)3)10(12)13-8(4)5;1-2;/h31-32H,3-30H2,1-2H3;6-9,11H,1H2,2-5H3;1-2H3;1H/t;9-;;/m.0../s1. The number of carbonyl (C=O) groups excluding carboxylic acids is 1. The summed E-state index contributed by atoms with van der Waals surface area (Å²) in [4.78, 5) is 11.4. The lowest BCUT2D eigenvalue weighted by molar-refractivity contribution is -0.148. The summed E-state index contributed by atoms with van der Waals surface area (Å²) in [7, 11) is 0. The van der Waals surface area contributed by atoms with Gasteiger partial charge in [0.15, 0.2) is 0 Å². The van der Waals surface area contributed by atoms with Crippen molar-refractivity contribution in [3.05, 3.63) is 12.7 Å². The number of esters is 1. The molecule has 0 saturated carbocycles. The molecule has 2 atom stereocenters. The van der Waals surface area contributed by atoms with Crippen LogP contribution in [-0.2, 0) is 19.0 Å². The van der Waals surface area contributed by atoms with Gasteiger partial charge in [0.2, 0.25) is 0 Å². The lowest BCUT2D eigenvalue weighted by Gasteiger charge is -2.17. The lowest BCUT2D eigenvalue weighted by Crippen LogP contribution is -2.41. The van der Waals surface area contributed by atoms with Crippen LogP contribution >= 0.6 is 0 Å². The van der Waals surface area contributed by atoms with Crippen LogP contribution < -0.4 is 5.32 Å². The van der Waals surface area contributed by atoms with Crippen LogP contribution in [0.2, 0.25) is 0 Å². The number of unbranched alkanes of at least 4 members (excludes halogenated alkanes) is 22. The molecule has 298 valence electrons. The predicted octanol–water partition coefficient (Wildman–Crippen LogP) is 12.5. The van der Waals surface area contributed by atoms with Gasteiger partial charge in [-0.15, -0.1) is 6.58 Å². The van der Waals surface area contributed by atoms with Gasteiger partial charge in [0.25, 0.3) is 0 Å². The number of rotatable bonds is 35. The smallest absolute Gasteiger partial charge is 0.327 e. The van der Waals surface area contributed by atoms with E-state index in [4.69, 9.17) is 14.2 Å². The summed E-state index contributed by atoms with van der Waals surface area (Å²) in [5, 5.41) is 12.6. The van der Waals surface area contributed by atoms with E-state index in [0.717, 1.165) is 26.1 Å². The van der Waals surface area contributed by atoms with E-state index >= 15 is 0 Å². The second-order valence-corrected chi connectivity index (χ2v) is 14.0. The van der Waals surface area contributed by atoms with Crippen molar-refractivity contribution in [1.82, 2.24) is 5.32 Å². The fourth-order valence-electron chi connectivity index (χ4n) is 5.50. The number of hydrogen-bond donors (Lipinski definition) is 2. The molecule has 0 saturated heterocycles. The molecule has 6 nitrogen and oxygen atoms in total. The number of hydrogen-bond acceptors (Lipinski definition) is 6. The van der Waals surface area contributed by atoms with Crippen molar-refractivity contribution in [2.45, 2.75) is 234 Å². The van der Waals surface area contributed by atoms with Crippen LogP contribution in [0.25, 0.3) is 0 Å². The Morgan fingerprint density at radius 3 is 1.35 bits per heavy atom. The van der Waals surface area contributed by atoms with E-state index in [1.807, 2.05) is 41.5 Å². The first kappa shape index (κ1) is 52.4. The van der Waals surface area contributed by atoms with Gasteiger partial charge >= 0.3 is 5.97 Å². The summed E-state index contributed by atoms with van der Waals surface area (Å²) >= 11 is 0. The molecule has 0 aromatic carbocycles. The van der Waals surface area contributed by atoms with Crippen molar-refractivity contribution >= 4 is 5.97 Å². The van der Waals surface area contributed by atoms with Gasteiger partial charge in [0.1, 0.15) is 12.1 Å². The summed E-state index contributed by atoms with van der Waals surface area (Å²) in [5.74, 6) is -0.265. The fourth-order valence-corrected chi connectivity index (χ4v) is 5.50. The maximum absolute atomic E-state index is 11.4. The maximum atomic E-state index is 11.4. The molecule has 0 aliphatic heterocycles. The van der Waals surface area contributed by atoms with Crippen molar-refractivity contribution in [2.24, 2.45) is 0 Å². The quantitative estimate of drug-likeness (QED) is 0.0389. The second kappa shape index (κ2) is 45.1. The van der Waals surface area contributed by atoms with Crippen molar-refractivity contribution < 1.29 is 25.5 Å². The summed E-state index contributed by atoms with van der Waals surface area (Å²) in [6.07, 6.45) is 34.0. The van der Waals surface area contributed by atoms with Crippen LogP contribution in [0.1, 0.15) is 211 Å². The zero-order valence-corrected chi connectivity index (χ0v) is 34.5. The van der Waals surface area contributed by atoms with Gasteiger partial charge in [-0.2, -0.15) is 0 Å². The van der Waals surface area contributed by atoms with Crippen molar-refractivity contribution in [3.8, 4) is 0 Å². The summed E-state index contributed by atoms with van der Waals surface area (Å²) in [6, 6.07) is -0.162. The van der Waals surface area contributed by atoms with E-state index in [1.54, 1.807) is 6.08 Å². The van der Waals surface area contributed by atoms with Gasteiger partial charge in [-0.1, -0.05) is 175 Å². The minimum absolute atomic E-state index is 0. The highest BCUT2D eigenvalue weighted by molar-refractivity contribution is 5.78. The summed E-state index contributed by atoms with van der Waals surface area (Å²) < 4.78 is 16.6. The molecule has 0 amide bonds. The minimum atomic E-state index is -0.401. The van der Waals surface area contributed by atoms with E-state index in [9.17, 15) is 9.90 Å². The number of ether oxygens (including phenoxy) is 3. The molecule has 2 N–H and O–H groups in total. The molecule has 49 heavy (non-hydrogen) atoms. The average Bonchev–Trinajstić information content (AvgIpc) is 3.09. The highest BCUT2D eigenvalue weighted by Crippen LogP contribution is 2.13. The van der Waals surface area contributed by atoms with Crippen LogP contribution in [0.4, 0.5) is 0 Å². The first-order valence-corrected chi connectivity index (χ1v) is 21.2. The van der Waals surface area contributed by atoms with Crippen LogP contribution in [-0.4, -0.2) is 61.8 Å². The van der Waals surface area contributed by atoms with Crippen molar-refractivity contribution in [2.75, 3.05) is 26.4 Å². The Hall–Kier alpha value is -0.950. The van der Waals surface area contributed by atoms with Crippen molar-refractivity contribution in [1.29, 1.82) is 0 Å². The Labute approximate surface area is 309 Å². The zero-order valence-electron chi connectivity index (χ0n) is 34.5. The Bertz CT molecular complexity index is 634. The number of aliphatic hydroxyl groups excluding tert-OH is 1. The van der Waals surface area contributed by atoms with Gasteiger partial charge in [-0.25, -0.2) is 4.79 Å². The molecule has 0 radical (unpaired) electrons. The number of nitrogens with one attached hydrogen (secondary N) is 1. The Balaban J connectivity index is -0.000000554. The first-order valence-electron chi connectivity index (χ1n) is 21.2. The number of carbonyl (C=O) groups is 1. The van der Waals surface area contributed by atoms with E-state index < -0.39 is 6.04 Å². The number of aliphatic hydroxyl groups is 1. The van der Waals surface area contributed by atoms with Crippen LogP contribution in [0.5, 0.6) is 0 Å². The molecule has 0 spiro atoms. The Morgan fingerprint density at radius 2 is 1.02 bits per heavy atom. The third-order valence-electron chi connectivity index (χ3n) is 8.36. The van der Waals surface area contributed by atoms with E-state index in [2.05, 4.69) is 25.7 Å². The highest BCUT2D eigenvalue weighted by atomic mass is 16.5. The Kier molecular flexibility index (Phi) is 48.2. The third kappa shape index (κ3) is 45.0. The largest absolute Gasteiger partial charge is 0.462 e. The summed E-state index contributed by atoms with van der Waals surface area (Å²) in [5.41, 5.74) is 0. The SMILES string of the molecule is C=C[C@H](NC(C)C)C(=O)OC(C)C.CC.CCCCCCCCCCCCCCOCC(CO)OCCCCCCCCCCCCCC.[HH]. The Morgan fingerprint density at radius 1 is 0.653 bits per heavy atom. The maximum Gasteiger partial charge on any atom is 0.327 e. The summed E-state index contributed by atoms with van der Waals surface area (Å²) in [6.45, 7) is 21.9. The van der Waals surface area contributed by atoms with Gasteiger partial charge in [0, 0.05) is 20.7 Å². The predicted molar refractivity (Wildman–Crippen MR) is 217 cm³/mol. The lowest BCUT2D eigenvalue weighted by atomic mass is 10.1. The third-order valence-corrected chi connectivity index (χ3v) is 8.36. The molecule has 0 bridgehead atoms. The van der Waals surface area contributed by atoms with Gasteiger partial charge in [-0.05, 0) is 40.5 Å². The van der Waals surface area contributed by atoms with Crippen LogP contribution in [0, 0.1) is 0 Å². The molecule has 0 aliphatic carbocycles. The highest BCUT2D eigenvalue weighted by Gasteiger charge is 2.17. The minimum Gasteiger partial charge on any atom is -0.462 e. The molecule has 0 aliphatic rings. The van der Waals surface area contributed by atoms with Crippen molar-refractivity contribution in [3.63, 3.8) is 0 Å². The van der Waals surface area contributed by atoms with Crippen LogP contribution in [0.15, 0.2) is 12.7 Å². The van der Waals surface area contributed by atoms with Gasteiger partial charge in [-0.3, -0.25) is 5.32 Å². The van der Waals surface area contributed by atoms with Gasteiger partial charge < -0.3 is 19.3 Å². The normalized spacial score (nSPS) is 12.2. The molecular formula is C43H91NO5. The zero-order chi connectivity index (χ0) is 37.2. The first-order chi connectivity index (χ1) is 23.8. The molecular weight excluding hydrogens is 610 g/mol. The molecule has 0 rings (SSSR count). The average molecular weight is 702 g/mol. The van der Waals surface area contributed by atoms with E-state index in [-0.39, 0.29) is 32.3 Å². The second-order valence-electron chi connectivity index (χ2n) is 14.0. The molecule has 1 unspecified atom stereocenters. The van der Waals surface area contributed by atoms with Gasteiger partial charge in [0.05, 0.1) is 19.3 Å². The topological polar surface area (TPSA) is 77.0 Å². The molecule has 0 aromatic rings. The molecule has 0 heterocycles. The van der Waals surface area contributed by atoms with Crippen LogP contribution in [0.3, 0.4) is 0 Å². The monoisotopic (exact) mass is 702 g/mol. The molecule has 0 aromatic heterocycles.